The first-order valence-corrected chi connectivity index (χ1v) is 9.52. The zero-order valence-electron chi connectivity index (χ0n) is 13.9. The van der Waals surface area contributed by atoms with Gasteiger partial charge in [0.15, 0.2) is 0 Å². The molecule has 1 atom stereocenters. The van der Waals surface area contributed by atoms with Gasteiger partial charge in [-0.2, -0.15) is 4.98 Å². The number of hydrogen-bond donors (Lipinski definition) is 1. The van der Waals surface area contributed by atoms with Gasteiger partial charge in [0.1, 0.15) is 10.6 Å². The highest BCUT2D eigenvalue weighted by Crippen LogP contribution is 2.39. The maximum Gasteiger partial charge on any atom is 0.225 e. The maximum absolute atomic E-state index is 11.3. The third-order valence-corrected chi connectivity index (χ3v) is 5.38. The van der Waals surface area contributed by atoms with Gasteiger partial charge in [-0.25, -0.2) is 4.98 Å². The van der Waals surface area contributed by atoms with Crippen molar-refractivity contribution in [3.05, 3.63) is 41.0 Å². The van der Waals surface area contributed by atoms with E-state index in [4.69, 9.17) is 22.1 Å². The minimum absolute atomic E-state index is 0.188. The number of primary amides is 1. The van der Waals surface area contributed by atoms with E-state index in [1.54, 1.807) is 11.3 Å². The highest BCUT2D eigenvalue weighted by Gasteiger charge is 2.26. The zero-order chi connectivity index (χ0) is 18.1. The third-order valence-electron chi connectivity index (χ3n) is 4.34. The van der Waals surface area contributed by atoms with Crippen molar-refractivity contribution in [2.75, 3.05) is 24.6 Å². The Bertz CT molecular complexity index is 947. The van der Waals surface area contributed by atoms with Crippen LogP contribution in [0.3, 0.4) is 0 Å². The van der Waals surface area contributed by atoms with Gasteiger partial charge in [0.05, 0.1) is 24.5 Å². The summed E-state index contributed by atoms with van der Waals surface area (Å²) in [6.07, 6.45) is -0.0583. The predicted octanol–water partition coefficient (Wildman–Crippen LogP) is 3.09. The molecule has 1 unspecified atom stereocenters. The first-order chi connectivity index (χ1) is 12.6. The van der Waals surface area contributed by atoms with Crippen molar-refractivity contribution >= 4 is 44.9 Å². The Kier molecular flexibility index (Phi) is 4.76. The van der Waals surface area contributed by atoms with E-state index in [9.17, 15) is 4.79 Å². The second kappa shape index (κ2) is 7.19. The number of fused-ring (bicyclic) bond motifs is 1. The largest absolute Gasteiger partial charge is 0.374 e. The molecule has 1 aromatic carbocycles. The Morgan fingerprint density at radius 2 is 2.15 bits per heavy atom. The second-order valence-electron chi connectivity index (χ2n) is 6.12. The lowest BCUT2D eigenvalue weighted by Crippen LogP contribution is -2.44. The van der Waals surface area contributed by atoms with Crippen LogP contribution in [0.2, 0.25) is 5.28 Å². The standard InChI is InChI=1S/C18H17ClN4O2S/c19-18-21-16(23-6-7-25-12(9-23)8-14(20)24)15-13(10-26-17(15)22-18)11-4-2-1-3-5-11/h1-5,10,12H,6-9H2,(H2,20,24). The molecule has 134 valence electrons. The average Bonchev–Trinajstić information content (AvgIpc) is 3.05. The number of benzene rings is 1. The van der Waals surface area contributed by atoms with Gasteiger partial charge in [-0.05, 0) is 17.2 Å². The van der Waals surface area contributed by atoms with E-state index in [1.165, 1.54) is 0 Å². The first-order valence-electron chi connectivity index (χ1n) is 8.27. The van der Waals surface area contributed by atoms with Crippen molar-refractivity contribution in [3.8, 4) is 11.1 Å². The molecule has 1 saturated heterocycles. The Morgan fingerprint density at radius 1 is 1.35 bits per heavy atom. The summed E-state index contributed by atoms with van der Waals surface area (Å²) in [5.41, 5.74) is 7.51. The lowest BCUT2D eigenvalue weighted by molar-refractivity contribution is -0.121. The van der Waals surface area contributed by atoms with Crippen LogP contribution in [0, 0.1) is 0 Å². The molecule has 26 heavy (non-hydrogen) atoms. The van der Waals surface area contributed by atoms with Crippen molar-refractivity contribution in [2.45, 2.75) is 12.5 Å². The van der Waals surface area contributed by atoms with Crippen molar-refractivity contribution in [1.82, 2.24) is 9.97 Å². The topological polar surface area (TPSA) is 81.3 Å². The number of nitrogens with zero attached hydrogens (tertiary/aromatic N) is 3. The molecular weight excluding hydrogens is 372 g/mol. The number of hydrogen-bond acceptors (Lipinski definition) is 6. The van der Waals surface area contributed by atoms with Gasteiger partial charge in [0.25, 0.3) is 0 Å². The number of thiophene rings is 1. The molecule has 0 aliphatic carbocycles. The van der Waals surface area contributed by atoms with Crippen LogP contribution in [0.4, 0.5) is 5.82 Å². The van der Waals surface area contributed by atoms with E-state index in [2.05, 4.69) is 32.4 Å². The lowest BCUT2D eigenvalue weighted by atomic mass is 10.1. The minimum Gasteiger partial charge on any atom is -0.374 e. The summed E-state index contributed by atoms with van der Waals surface area (Å²) in [6.45, 7) is 1.71. The van der Waals surface area contributed by atoms with Gasteiger partial charge in [0.2, 0.25) is 11.2 Å². The summed E-state index contributed by atoms with van der Waals surface area (Å²) in [5.74, 6) is 0.404. The van der Waals surface area contributed by atoms with E-state index in [0.29, 0.717) is 19.7 Å². The fourth-order valence-electron chi connectivity index (χ4n) is 3.22. The molecule has 0 bridgehead atoms. The van der Waals surface area contributed by atoms with E-state index < -0.39 is 0 Å². The molecule has 0 saturated carbocycles. The van der Waals surface area contributed by atoms with Crippen molar-refractivity contribution in [1.29, 1.82) is 0 Å². The van der Waals surface area contributed by atoms with Gasteiger partial charge < -0.3 is 15.4 Å². The molecule has 8 heteroatoms. The molecule has 1 aliphatic rings. The highest BCUT2D eigenvalue weighted by atomic mass is 35.5. The Hall–Kier alpha value is -2.22. The van der Waals surface area contributed by atoms with Gasteiger partial charge >= 0.3 is 0 Å². The van der Waals surface area contributed by atoms with E-state index in [0.717, 1.165) is 27.2 Å². The monoisotopic (exact) mass is 388 g/mol. The Labute approximate surface area is 159 Å². The van der Waals surface area contributed by atoms with E-state index >= 15 is 0 Å². The Balaban J connectivity index is 1.79. The van der Waals surface area contributed by atoms with Crippen LogP contribution in [0.15, 0.2) is 35.7 Å². The number of anilines is 1. The van der Waals surface area contributed by atoms with Crippen LogP contribution >= 0.6 is 22.9 Å². The van der Waals surface area contributed by atoms with E-state index in [-0.39, 0.29) is 23.7 Å². The summed E-state index contributed by atoms with van der Waals surface area (Å²) in [4.78, 5) is 23.1. The van der Waals surface area contributed by atoms with Crippen molar-refractivity contribution < 1.29 is 9.53 Å². The third kappa shape index (κ3) is 3.38. The number of halogens is 1. The number of carbonyl (C=O) groups is 1. The highest BCUT2D eigenvalue weighted by molar-refractivity contribution is 7.17. The molecule has 2 aromatic heterocycles. The summed E-state index contributed by atoms with van der Waals surface area (Å²) in [5, 5.41) is 3.27. The minimum atomic E-state index is -0.372. The molecule has 1 fully saturated rings. The predicted molar refractivity (Wildman–Crippen MR) is 104 cm³/mol. The lowest BCUT2D eigenvalue weighted by Gasteiger charge is -2.33. The zero-order valence-corrected chi connectivity index (χ0v) is 15.5. The van der Waals surface area contributed by atoms with Gasteiger partial charge in [0, 0.05) is 24.0 Å². The SMILES string of the molecule is NC(=O)CC1CN(c2nc(Cl)nc3scc(-c4ccccc4)c23)CCO1. The fourth-order valence-corrected chi connectivity index (χ4v) is 4.37. The van der Waals surface area contributed by atoms with Crippen LogP contribution in [0.5, 0.6) is 0 Å². The molecule has 1 amide bonds. The summed E-state index contributed by atoms with van der Waals surface area (Å²) in [6, 6.07) is 10.1. The molecule has 4 rings (SSSR count). The second-order valence-corrected chi connectivity index (χ2v) is 7.32. The summed E-state index contributed by atoms with van der Waals surface area (Å²) in [7, 11) is 0. The van der Waals surface area contributed by atoms with Crippen LogP contribution in [0.1, 0.15) is 6.42 Å². The van der Waals surface area contributed by atoms with Gasteiger partial charge in [-0.1, -0.05) is 30.3 Å². The van der Waals surface area contributed by atoms with Crippen molar-refractivity contribution in [3.63, 3.8) is 0 Å². The number of morpholine rings is 1. The van der Waals surface area contributed by atoms with Crippen LogP contribution < -0.4 is 10.6 Å². The van der Waals surface area contributed by atoms with Gasteiger partial charge in [-0.15, -0.1) is 11.3 Å². The molecular formula is C18H17ClN4O2S. The number of rotatable bonds is 4. The molecule has 0 radical (unpaired) electrons. The van der Waals surface area contributed by atoms with E-state index in [1.807, 2.05) is 18.2 Å². The smallest absolute Gasteiger partial charge is 0.225 e. The average molecular weight is 389 g/mol. The van der Waals surface area contributed by atoms with Crippen molar-refractivity contribution in [2.24, 2.45) is 5.73 Å². The van der Waals surface area contributed by atoms with Gasteiger partial charge in [-0.3, -0.25) is 4.79 Å². The quantitative estimate of drug-likeness (QED) is 0.694. The number of nitrogens with two attached hydrogens (primary N) is 1. The molecule has 0 spiro atoms. The fraction of sp³-hybridized carbons (Fsp3) is 0.278. The summed E-state index contributed by atoms with van der Waals surface area (Å²) < 4.78 is 5.66. The number of aromatic nitrogens is 2. The molecule has 2 N–H and O–H groups in total. The van der Waals surface area contributed by atoms with Crippen LogP contribution in [-0.4, -0.2) is 41.7 Å². The number of amides is 1. The maximum atomic E-state index is 11.3. The van der Waals surface area contributed by atoms with Crippen LogP contribution in [0.25, 0.3) is 21.3 Å². The number of carbonyl (C=O) groups excluding carboxylic acids is 1. The molecule has 6 nitrogen and oxygen atoms in total. The first kappa shape index (κ1) is 17.2. The molecule has 3 heterocycles. The molecule has 1 aliphatic heterocycles. The Morgan fingerprint density at radius 3 is 2.92 bits per heavy atom. The normalized spacial score (nSPS) is 17.6. The number of ether oxygens (including phenoxy) is 1. The molecule has 3 aromatic rings. The summed E-state index contributed by atoms with van der Waals surface area (Å²) >= 11 is 7.72. The van der Waals surface area contributed by atoms with Crippen LogP contribution in [-0.2, 0) is 9.53 Å².